The van der Waals surface area contributed by atoms with E-state index in [1.54, 1.807) is 0 Å². The maximum absolute atomic E-state index is 12.1. The molecule has 3 N–H and O–H groups in total. The number of guanidine groups is 1. The van der Waals surface area contributed by atoms with Gasteiger partial charge in [0.2, 0.25) is 5.91 Å². The molecule has 29 heavy (non-hydrogen) atoms. The van der Waals surface area contributed by atoms with Crippen LogP contribution in [0.1, 0.15) is 38.8 Å². The van der Waals surface area contributed by atoms with Crippen LogP contribution in [0.25, 0.3) is 0 Å². The monoisotopic (exact) mass is 408 g/mol. The molecule has 1 aromatic heterocycles. The fourth-order valence-electron chi connectivity index (χ4n) is 2.87. The van der Waals surface area contributed by atoms with Crippen molar-refractivity contribution in [2.24, 2.45) is 12.0 Å². The van der Waals surface area contributed by atoms with Crippen molar-refractivity contribution in [3.8, 4) is 0 Å². The minimum Gasteiger partial charge on any atom is -0.379 e. The number of rotatable bonds is 8. The van der Waals surface area contributed by atoms with Crippen molar-refractivity contribution in [1.82, 2.24) is 35.6 Å². The van der Waals surface area contributed by atoms with E-state index < -0.39 is 0 Å². The number of nitrogens with one attached hydrogen (secondary N) is 3. The fraction of sp³-hybridized carbons (Fsp3) is 0.789. The molecule has 10 heteroatoms. The summed E-state index contributed by atoms with van der Waals surface area (Å²) in [6.07, 6.45) is 0.984. The number of hydrogen-bond acceptors (Lipinski definition) is 6. The van der Waals surface area contributed by atoms with E-state index in [0.717, 1.165) is 57.5 Å². The van der Waals surface area contributed by atoms with Gasteiger partial charge in [-0.25, -0.2) is 4.99 Å². The summed E-state index contributed by atoms with van der Waals surface area (Å²) in [4.78, 5) is 19.1. The van der Waals surface area contributed by atoms with Crippen LogP contribution in [0.2, 0.25) is 0 Å². The third-order valence-electron chi connectivity index (χ3n) is 4.54. The Morgan fingerprint density at radius 1 is 1.21 bits per heavy atom. The summed E-state index contributed by atoms with van der Waals surface area (Å²) in [6.45, 7) is 13.7. The largest absolute Gasteiger partial charge is 0.379 e. The second kappa shape index (κ2) is 11.1. The predicted molar refractivity (Wildman–Crippen MR) is 113 cm³/mol. The first-order valence-corrected chi connectivity index (χ1v) is 10.2. The molecule has 0 aromatic carbocycles. The molecule has 164 valence electrons. The molecule has 0 aliphatic carbocycles. The fourth-order valence-corrected chi connectivity index (χ4v) is 2.87. The molecule has 0 unspecified atom stereocenters. The molecule has 0 saturated carbocycles. The number of amides is 1. The third kappa shape index (κ3) is 8.78. The van der Waals surface area contributed by atoms with Gasteiger partial charge >= 0.3 is 0 Å². The Labute approximate surface area is 173 Å². The van der Waals surface area contributed by atoms with Crippen molar-refractivity contribution in [3.63, 3.8) is 0 Å². The van der Waals surface area contributed by atoms with Gasteiger partial charge in [0.05, 0.1) is 19.8 Å². The number of aryl methyl sites for hydroxylation is 1. The van der Waals surface area contributed by atoms with Gasteiger partial charge in [0, 0.05) is 32.2 Å². The first-order valence-electron chi connectivity index (χ1n) is 10.2. The summed E-state index contributed by atoms with van der Waals surface area (Å²) < 4.78 is 7.29. The van der Waals surface area contributed by atoms with Gasteiger partial charge in [-0.15, -0.1) is 10.2 Å². The maximum Gasteiger partial charge on any atom is 0.239 e. The Kier molecular flexibility index (Phi) is 8.84. The summed E-state index contributed by atoms with van der Waals surface area (Å²) >= 11 is 0. The number of aliphatic imine (C=N–C) groups is 1. The summed E-state index contributed by atoms with van der Waals surface area (Å²) in [5, 5.41) is 17.6. The number of carbonyl (C=O) groups excluding carboxylic acids is 1. The summed E-state index contributed by atoms with van der Waals surface area (Å²) in [5.74, 6) is 2.13. The molecule has 1 aromatic rings. The first kappa shape index (κ1) is 23.1. The molecule has 10 nitrogen and oxygen atoms in total. The van der Waals surface area contributed by atoms with E-state index in [2.05, 4.69) is 36.0 Å². The van der Waals surface area contributed by atoms with E-state index in [-0.39, 0.29) is 18.0 Å². The molecular weight excluding hydrogens is 372 g/mol. The lowest BCUT2D eigenvalue weighted by Gasteiger charge is -2.26. The van der Waals surface area contributed by atoms with E-state index in [1.165, 1.54) is 0 Å². The summed E-state index contributed by atoms with van der Waals surface area (Å²) in [6, 6.07) is 0. The Morgan fingerprint density at radius 3 is 2.55 bits per heavy atom. The molecule has 1 saturated heterocycles. The number of nitrogens with zero attached hydrogens (tertiary/aromatic N) is 5. The molecule has 1 aliphatic rings. The van der Waals surface area contributed by atoms with Crippen LogP contribution in [-0.4, -0.2) is 83.0 Å². The third-order valence-corrected chi connectivity index (χ3v) is 4.54. The molecule has 0 bridgehead atoms. The number of hydrogen-bond donors (Lipinski definition) is 3. The van der Waals surface area contributed by atoms with E-state index in [1.807, 2.05) is 39.3 Å². The predicted octanol–water partition coefficient (Wildman–Crippen LogP) is -0.204. The highest BCUT2D eigenvalue weighted by molar-refractivity contribution is 5.86. The zero-order chi connectivity index (χ0) is 21.3. The SMILES string of the molecule is Cc1nnc(CN=C(NCCCN2CCOCC2)NCC(=O)NC(C)(C)C)n1C. The van der Waals surface area contributed by atoms with Crippen LogP contribution in [0, 0.1) is 6.92 Å². The van der Waals surface area contributed by atoms with Crippen LogP contribution in [0.4, 0.5) is 0 Å². The van der Waals surface area contributed by atoms with Gasteiger partial charge in [-0.2, -0.15) is 0 Å². The van der Waals surface area contributed by atoms with Crippen LogP contribution < -0.4 is 16.0 Å². The molecule has 2 rings (SSSR count). The van der Waals surface area contributed by atoms with Crippen LogP contribution >= 0.6 is 0 Å². The zero-order valence-corrected chi connectivity index (χ0v) is 18.4. The molecule has 1 aliphatic heterocycles. The van der Waals surface area contributed by atoms with Crippen molar-refractivity contribution in [2.75, 3.05) is 45.9 Å². The minimum absolute atomic E-state index is 0.0742. The highest BCUT2D eigenvalue weighted by Crippen LogP contribution is 2.00. The molecule has 0 spiro atoms. The normalized spacial score (nSPS) is 16.0. The van der Waals surface area contributed by atoms with Crippen LogP contribution in [0.3, 0.4) is 0 Å². The number of ether oxygens (including phenoxy) is 1. The lowest BCUT2D eigenvalue weighted by molar-refractivity contribution is -0.121. The molecule has 2 heterocycles. The van der Waals surface area contributed by atoms with E-state index >= 15 is 0 Å². The standard InChI is InChI=1S/C19H36N8O2/c1-15-24-25-16(26(15)5)13-21-18(22-14-17(28)23-19(2,3)4)20-7-6-8-27-9-11-29-12-10-27/h6-14H2,1-5H3,(H,23,28)(H2,20,21,22). The topological polar surface area (TPSA) is 109 Å². The minimum atomic E-state index is -0.266. The summed E-state index contributed by atoms with van der Waals surface area (Å²) in [7, 11) is 1.92. The van der Waals surface area contributed by atoms with Crippen molar-refractivity contribution in [1.29, 1.82) is 0 Å². The second-order valence-electron chi connectivity index (χ2n) is 8.27. The number of aromatic nitrogens is 3. The highest BCUT2D eigenvalue weighted by Gasteiger charge is 2.14. The van der Waals surface area contributed by atoms with E-state index in [0.29, 0.717) is 12.5 Å². The van der Waals surface area contributed by atoms with Crippen molar-refractivity contribution >= 4 is 11.9 Å². The first-order chi connectivity index (χ1) is 13.7. The molecule has 0 radical (unpaired) electrons. The van der Waals surface area contributed by atoms with Crippen LogP contribution in [0.5, 0.6) is 0 Å². The number of morpholine rings is 1. The number of carbonyl (C=O) groups is 1. The van der Waals surface area contributed by atoms with Gasteiger partial charge in [-0.05, 0) is 40.7 Å². The highest BCUT2D eigenvalue weighted by atomic mass is 16.5. The van der Waals surface area contributed by atoms with Gasteiger partial charge in [0.15, 0.2) is 11.8 Å². The van der Waals surface area contributed by atoms with Crippen molar-refractivity contribution < 1.29 is 9.53 Å². The molecule has 1 fully saturated rings. The van der Waals surface area contributed by atoms with Crippen LogP contribution in [0.15, 0.2) is 4.99 Å². The van der Waals surface area contributed by atoms with Gasteiger partial charge < -0.3 is 25.3 Å². The van der Waals surface area contributed by atoms with Gasteiger partial charge in [-0.3, -0.25) is 9.69 Å². The quantitative estimate of drug-likeness (QED) is 0.310. The smallest absolute Gasteiger partial charge is 0.239 e. The lowest BCUT2D eigenvalue weighted by atomic mass is 10.1. The second-order valence-corrected chi connectivity index (χ2v) is 8.27. The Morgan fingerprint density at radius 2 is 1.93 bits per heavy atom. The lowest BCUT2D eigenvalue weighted by Crippen LogP contribution is -2.48. The molecule has 1 amide bonds. The Balaban J connectivity index is 1.86. The molecule has 0 atom stereocenters. The van der Waals surface area contributed by atoms with Gasteiger partial charge in [0.1, 0.15) is 12.4 Å². The Hall–Kier alpha value is -2.20. The molecular formula is C19H36N8O2. The Bertz CT molecular complexity index is 674. The maximum atomic E-state index is 12.1. The summed E-state index contributed by atoms with van der Waals surface area (Å²) in [5.41, 5.74) is -0.266. The van der Waals surface area contributed by atoms with E-state index in [4.69, 9.17) is 4.74 Å². The van der Waals surface area contributed by atoms with E-state index in [9.17, 15) is 4.79 Å². The van der Waals surface area contributed by atoms with Crippen LogP contribution in [-0.2, 0) is 23.1 Å². The van der Waals surface area contributed by atoms with Gasteiger partial charge in [0.25, 0.3) is 0 Å². The average molecular weight is 409 g/mol. The average Bonchev–Trinajstić information content (AvgIpc) is 2.98. The van der Waals surface area contributed by atoms with Crippen molar-refractivity contribution in [3.05, 3.63) is 11.6 Å². The van der Waals surface area contributed by atoms with Crippen molar-refractivity contribution in [2.45, 2.75) is 46.2 Å². The van der Waals surface area contributed by atoms with Gasteiger partial charge in [-0.1, -0.05) is 0 Å². The zero-order valence-electron chi connectivity index (χ0n) is 18.4.